The smallest absolute Gasteiger partial charge is 0.257 e. The summed E-state index contributed by atoms with van der Waals surface area (Å²) in [4.78, 5) is 17.7. The molecule has 5 heteroatoms. The minimum absolute atomic E-state index is 0.137. The minimum Gasteiger partial charge on any atom is -0.494 e. The molecule has 0 aliphatic rings. The Morgan fingerprint density at radius 2 is 2.41 bits per heavy atom. The number of rotatable bonds is 5. The lowest BCUT2D eigenvalue weighted by Crippen LogP contribution is -2.31. The molecule has 0 saturated heterocycles. The van der Waals surface area contributed by atoms with Crippen LogP contribution in [0.1, 0.15) is 23.7 Å². The van der Waals surface area contributed by atoms with Crippen molar-refractivity contribution < 1.29 is 9.53 Å². The van der Waals surface area contributed by atoms with E-state index in [9.17, 15) is 4.79 Å². The minimum atomic E-state index is -0.137. The fourth-order valence-electron chi connectivity index (χ4n) is 1.48. The normalized spacial score (nSPS) is 9.47. The van der Waals surface area contributed by atoms with E-state index in [0.717, 1.165) is 0 Å². The van der Waals surface area contributed by atoms with Crippen LogP contribution in [0.4, 0.5) is 0 Å². The van der Waals surface area contributed by atoms with Crippen LogP contribution in [0.15, 0.2) is 18.5 Å². The first-order chi connectivity index (χ1) is 8.24. The van der Waals surface area contributed by atoms with Crippen molar-refractivity contribution in [3.8, 4) is 11.8 Å². The predicted octanol–water partition coefficient (Wildman–Crippen LogP) is 1.47. The first-order valence-electron chi connectivity index (χ1n) is 5.38. The van der Waals surface area contributed by atoms with Crippen molar-refractivity contribution in [3.05, 3.63) is 24.0 Å². The Morgan fingerprint density at radius 3 is 3.00 bits per heavy atom. The van der Waals surface area contributed by atoms with Gasteiger partial charge in [0, 0.05) is 19.3 Å². The first kappa shape index (κ1) is 13.0. The molecule has 1 rings (SSSR count). The zero-order valence-corrected chi connectivity index (χ0v) is 10.0. The molecule has 0 saturated carbocycles. The Bertz CT molecular complexity index is 426. The molecule has 17 heavy (non-hydrogen) atoms. The summed E-state index contributed by atoms with van der Waals surface area (Å²) in [6.45, 7) is 2.87. The highest BCUT2D eigenvalue weighted by molar-refractivity contribution is 5.96. The van der Waals surface area contributed by atoms with Crippen molar-refractivity contribution >= 4 is 5.91 Å². The summed E-state index contributed by atoms with van der Waals surface area (Å²) in [5.41, 5.74) is 0.474. The van der Waals surface area contributed by atoms with Gasteiger partial charge in [-0.3, -0.25) is 9.78 Å². The molecule has 90 valence electrons. The maximum Gasteiger partial charge on any atom is 0.257 e. The molecule has 0 atom stereocenters. The van der Waals surface area contributed by atoms with Gasteiger partial charge < -0.3 is 9.64 Å². The van der Waals surface area contributed by atoms with Crippen molar-refractivity contribution in [3.63, 3.8) is 0 Å². The molecule has 0 N–H and O–H groups in total. The van der Waals surface area contributed by atoms with E-state index >= 15 is 0 Å². The number of hydrogen-bond acceptors (Lipinski definition) is 4. The summed E-state index contributed by atoms with van der Waals surface area (Å²) in [5.74, 6) is 0.315. The van der Waals surface area contributed by atoms with Gasteiger partial charge in [-0.05, 0) is 13.0 Å². The molecule has 0 bridgehead atoms. The van der Waals surface area contributed by atoms with Crippen molar-refractivity contribution in [2.45, 2.75) is 13.3 Å². The van der Waals surface area contributed by atoms with E-state index in [1.807, 2.05) is 13.0 Å². The second-order valence-electron chi connectivity index (χ2n) is 3.37. The number of hydrogen-bond donors (Lipinski definition) is 0. The second kappa shape index (κ2) is 6.48. The van der Waals surface area contributed by atoms with E-state index in [0.29, 0.717) is 30.8 Å². The highest BCUT2D eigenvalue weighted by atomic mass is 16.5. The van der Waals surface area contributed by atoms with E-state index in [1.165, 1.54) is 13.3 Å². The summed E-state index contributed by atoms with van der Waals surface area (Å²) >= 11 is 0. The molecule has 1 amide bonds. The summed E-state index contributed by atoms with van der Waals surface area (Å²) < 4.78 is 5.09. The quantitative estimate of drug-likeness (QED) is 0.772. The predicted molar refractivity (Wildman–Crippen MR) is 62.6 cm³/mol. The van der Waals surface area contributed by atoms with Crippen LogP contribution in [0.3, 0.4) is 0 Å². The van der Waals surface area contributed by atoms with Gasteiger partial charge in [-0.1, -0.05) is 0 Å². The van der Waals surface area contributed by atoms with E-state index in [4.69, 9.17) is 10.00 Å². The zero-order chi connectivity index (χ0) is 12.7. The summed E-state index contributed by atoms with van der Waals surface area (Å²) in [7, 11) is 1.50. The highest BCUT2D eigenvalue weighted by Gasteiger charge is 2.17. The van der Waals surface area contributed by atoms with Crippen molar-refractivity contribution in [2.24, 2.45) is 0 Å². The standard InChI is InChI=1S/C12H15N3O2/c1-3-15(8-4-6-13)12(16)10-5-7-14-9-11(10)17-2/h5,7,9H,3-4,8H2,1-2H3. The Morgan fingerprint density at radius 1 is 1.65 bits per heavy atom. The van der Waals surface area contributed by atoms with Gasteiger partial charge in [0.05, 0.1) is 31.4 Å². The van der Waals surface area contributed by atoms with Gasteiger partial charge in [-0.2, -0.15) is 5.26 Å². The Kier molecular flexibility index (Phi) is 4.95. The van der Waals surface area contributed by atoms with Crippen molar-refractivity contribution in [1.82, 2.24) is 9.88 Å². The van der Waals surface area contributed by atoms with E-state index < -0.39 is 0 Å². The van der Waals surface area contributed by atoms with Gasteiger partial charge in [0.25, 0.3) is 5.91 Å². The number of nitriles is 1. The van der Waals surface area contributed by atoms with Gasteiger partial charge in [0.1, 0.15) is 5.75 Å². The summed E-state index contributed by atoms with van der Waals surface area (Å²) in [6, 6.07) is 3.65. The maximum atomic E-state index is 12.2. The lowest BCUT2D eigenvalue weighted by molar-refractivity contribution is 0.0764. The molecule has 0 fully saturated rings. The number of ether oxygens (including phenoxy) is 1. The second-order valence-corrected chi connectivity index (χ2v) is 3.37. The van der Waals surface area contributed by atoms with Crippen LogP contribution >= 0.6 is 0 Å². The van der Waals surface area contributed by atoms with Gasteiger partial charge in [0.2, 0.25) is 0 Å². The molecule has 5 nitrogen and oxygen atoms in total. The number of aromatic nitrogens is 1. The maximum absolute atomic E-state index is 12.2. The van der Waals surface area contributed by atoms with E-state index in [1.54, 1.807) is 17.2 Å². The number of methoxy groups -OCH3 is 1. The average molecular weight is 233 g/mol. The van der Waals surface area contributed by atoms with Crippen molar-refractivity contribution in [2.75, 3.05) is 20.2 Å². The van der Waals surface area contributed by atoms with E-state index in [-0.39, 0.29) is 5.91 Å². The first-order valence-corrected chi connectivity index (χ1v) is 5.38. The molecule has 0 aromatic carbocycles. The topological polar surface area (TPSA) is 66.2 Å². The van der Waals surface area contributed by atoms with E-state index in [2.05, 4.69) is 4.98 Å². The summed E-state index contributed by atoms with van der Waals surface area (Å²) in [6.07, 6.45) is 3.38. The zero-order valence-electron chi connectivity index (χ0n) is 10.0. The van der Waals surface area contributed by atoms with Crippen LogP contribution in [0.25, 0.3) is 0 Å². The third-order valence-electron chi connectivity index (χ3n) is 2.40. The highest BCUT2D eigenvalue weighted by Crippen LogP contribution is 2.17. The molecular formula is C12H15N3O2. The monoisotopic (exact) mass is 233 g/mol. The molecular weight excluding hydrogens is 218 g/mol. The summed E-state index contributed by atoms with van der Waals surface area (Å²) in [5, 5.41) is 8.54. The molecule has 0 spiro atoms. The van der Waals surface area contributed by atoms with Crippen LogP contribution in [0.2, 0.25) is 0 Å². The number of amides is 1. The van der Waals surface area contributed by atoms with Gasteiger partial charge in [-0.25, -0.2) is 0 Å². The number of nitrogens with zero attached hydrogens (tertiary/aromatic N) is 3. The molecule has 1 aromatic heterocycles. The van der Waals surface area contributed by atoms with Crippen LogP contribution in [-0.2, 0) is 0 Å². The largest absolute Gasteiger partial charge is 0.494 e. The molecule has 0 radical (unpaired) electrons. The van der Waals surface area contributed by atoms with Crippen LogP contribution in [0, 0.1) is 11.3 Å². The third kappa shape index (κ3) is 3.18. The van der Waals surface area contributed by atoms with Crippen LogP contribution < -0.4 is 4.74 Å². The number of carbonyl (C=O) groups excluding carboxylic acids is 1. The Balaban J connectivity index is 2.90. The lowest BCUT2D eigenvalue weighted by atomic mass is 10.2. The molecule has 1 aromatic rings. The fourth-order valence-corrected chi connectivity index (χ4v) is 1.48. The van der Waals surface area contributed by atoms with Crippen LogP contribution in [0.5, 0.6) is 5.75 Å². The lowest BCUT2D eigenvalue weighted by Gasteiger charge is -2.20. The number of pyridine rings is 1. The molecule has 1 heterocycles. The van der Waals surface area contributed by atoms with Gasteiger partial charge >= 0.3 is 0 Å². The Labute approximate surface area is 101 Å². The van der Waals surface area contributed by atoms with Gasteiger partial charge in [-0.15, -0.1) is 0 Å². The molecule has 0 aliphatic heterocycles. The fraction of sp³-hybridized carbons (Fsp3) is 0.417. The Hall–Kier alpha value is -2.09. The molecule has 0 unspecified atom stereocenters. The molecule has 0 aliphatic carbocycles. The SMILES string of the molecule is CCN(CCC#N)C(=O)c1ccncc1OC. The van der Waals surface area contributed by atoms with Gasteiger partial charge in [0.15, 0.2) is 0 Å². The number of carbonyl (C=O) groups is 1. The third-order valence-corrected chi connectivity index (χ3v) is 2.40. The van der Waals surface area contributed by atoms with Crippen LogP contribution in [-0.4, -0.2) is 36.0 Å². The van der Waals surface area contributed by atoms with Crippen molar-refractivity contribution in [1.29, 1.82) is 5.26 Å². The average Bonchev–Trinajstić information content (AvgIpc) is 2.39.